The lowest BCUT2D eigenvalue weighted by Crippen LogP contribution is -2.49. The zero-order valence-electron chi connectivity index (χ0n) is 17.8. The van der Waals surface area contributed by atoms with E-state index < -0.39 is 17.5 Å². The van der Waals surface area contributed by atoms with Crippen molar-refractivity contribution in [2.75, 3.05) is 44.7 Å². The monoisotopic (exact) mass is 441 g/mol. The summed E-state index contributed by atoms with van der Waals surface area (Å²) in [4.78, 5) is 17.0. The zero-order chi connectivity index (χ0) is 22.5. The van der Waals surface area contributed by atoms with Crippen LogP contribution in [-0.4, -0.2) is 50.6 Å². The van der Waals surface area contributed by atoms with Crippen molar-refractivity contribution in [1.82, 2.24) is 10.2 Å². The van der Waals surface area contributed by atoms with Gasteiger partial charge in [0, 0.05) is 44.0 Å². The van der Waals surface area contributed by atoms with Crippen LogP contribution in [0.4, 0.5) is 14.5 Å². The summed E-state index contributed by atoms with van der Waals surface area (Å²) in [5, 5.41) is 2.83. The van der Waals surface area contributed by atoms with Crippen LogP contribution in [0.3, 0.4) is 0 Å². The number of carbonyl (C=O) groups is 1. The highest BCUT2D eigenvalue weighted by Crippen LogP contribution is 2.25. The van der Waals surface area contributed by atoms with E-state index in [-0.39, 0.29) is 18.2 Å². The van der Waals surface area contributed by atoms with Gasteiger partial charge in [-0.25, -0.2) is 8.78 Å². The molecule has 168 valence electrons. The Bertz CT molecular complexity index is 1030. The van der Waals surface area contributed by atoms with Gasteiger partial charge >= 0.3 is 0 Å². The summed E-state index contributed by atoms with van der Waals surface area (Å²) in [5.41, 5.74) is 1.21. The maximum Gasteiger partial charge on any atom is 0.251 e. The summed E-state index contributed by atoms with van der Waals surface area (Å²) in [6, 6.07) is 14.6. The van der Waals surface area contributed by atoms with Crippen molar-refractivity contribution >= 4 is 11.6 Å². The summed E-state index contributed by atoms with van der Waals surface area (Å²) in [7, 11) is 1.65. The predicted octanol–water partition coefficient (Wildman–Crippen LogP) is 3.86. The lowest BCUT2D eigenvalue weighted by Gasteiger charge is -2.39. The molecule has 1 aliphatic heterocycles. The molecule has 0 bridgehead atoms. The van der Waals surface area contributed by atoms with E-state index in [1.165, 1.54) is 6.07 Å². The molecule has 1 unspecified atom stereocenters. The van der Waals surface area contributed by atoms with Crippen molar-refractivity contribution in [1.29, 1.82) is 0 Å². The van der Waals surface area contributed by atoms with Gasteiger partial charge in [-0.05, 0) is 54.6 Å². The number of hydrogen-bond donors (Lipinski definition) is 1. The number of rotatable bonds is 7. The van der Waals surface area contributed by atoms with Crippen molar-refractivity contribution in [2.24, 2.45) is 0 Å². The van der Waals surface area contributed by atoms with E-state index in [2.05, 4.69) is 15.1 Å². The first-order chi connectivity index (χ1) is 15.5. The fraction of sp³-hybridized carbons (Fsp3) is 0.292. The van der Waals surface area contributed by atoms with E-state index in [0.717, 1.165) is 55.5 Å². The minimum Gasteiger partial charge on any atom is -0.497 e. The second kappa shape index (κ2) is 9.82. The van der Waals surface area contributed by atoms with E-state index in [4.69, 9.17) is 9.15 Å². The molecule has 6 nitrogen and oxygen atoms in total. The van der Waals surface area contributed by atoms with Crippen LogP contribution in [0.15, 0.2) is 65.3 Å². The SMILES string of the molecule is COc1ccc(N2CCN(C(CNC(=O)c3ccc(F)c(F)c3)c3ccco3)CC2)cc1. The highest BCUT2D eigenvalue weighted by atomic mass is 19.2. The highest BCUT2D eigenvalue weighted by molar-refractivity contribution is 5.94. The van der Waals surface area contributed by atoms with Crippen LogP contribution in [0.5, 0.6) is 5.75 Å². The molecule has 0 spiro atoms. The minimum absolute atomic E-state index is 0.0754. The normalized spacial score (nSPS) is 15.4. The summed E-state index contributed by atoms with van der Waals surface area (Å²) < 4.78 is 37.5. The zero-order valence-corrected chi connectivity index (χ0v) is 17.8. The van der Waals surface area contributed by atoms with Gasteiger partial charge in [0.15, 0.2) is 11.6 Å². The molecule has 0 aliphatic carbocycles. The first-order valence-corrected chi connectivity index (χ1v) is 10.4. The summed E-state index contributed by atoms with van der Waals surface area (Å²) >= 11 is 0. The number of methoxy groups -OCH3 is 1. The van der Waals surface area contributed by atoms with Gasteiger partial charge in [0.2, 0.25) is 0 Å². The van der Waals surface area contributed by atoms with Crippen LogP contribution < -0.4 is 15.0 Å². The number of anilines is 1. The molecule has 3 aromatic rings. The minimum atomic E-state index is -1.05. The number of halogens is 2. The van der Waals surface area contributed by atoms with Crippen LogP contribution in [0.1, 0.15) is 22.2 Å². The van der Waals surface area contributed by atoms with Crippen LogP contribution in [0, 0.1) is 11.6 Å². The van der Waals surface area contributed by atoms with Crippen molar-refractivity contribution in [3.05, 3.63) is 83.8 Å². The summed E-state index contributed by atoms with van der Waals surface area (Å²) in [6.45, 7) is 3.48. The molecule has 1 amide bonds. The average molecular weight is 441 g/mol. The molecule has 1 aromatic heterocycles. The number of furan rings is 1. The van der Waals surface area contributed by atoms with Gasteiger partial charge in [0.05, 0.1) is 19.4 Å². The van der Waals surface area contributed by atoms with Crippen molar-refractivity contribution < 1.29 is 22.7 Å². The van der Waals surface area contributed by atoms with Crippen LogP contribution in [0.2, 0.25) is 0 Å². The molecule has 1 saturated heterocycles. The van der Waals surface area contributed by atoms with Crippen molar-refractivity contribution in [2.45, 2.75) is 6.04 Å². The molecule has 0 radical (unpaired) electrons. The topological polar surface area (TPSA) is 58.0 Å². The van der Waals surface area contributed by atoms with Crippen LogP contribution in [-0.2, 0) is 0 Å². The third-order valence-electron chi connectivity index (χ3n) is 5.70. The number of amides is 1. The Balaban J connectivity index is 1.40. The number of carbonyl (C=O) groups excluding carboxylic acids is 1. The van der Waals surface area contributed by atoms with Gasteiger partial charge in [-0.3, -0.25) is 9.69 Å². The molecule has 2 heterocycles. The van der Waals surface area contributed by atoms with E-state index in [0.29, 0.717) is 0 Å². The standard InChI is InChI=1S/C24H25F2N3O3/c1-31-19-7-5-18(6-8-19)28-10-12-29(13-11-28)22(23-3-2-14-32-23)16-27-24(30)17-4-9-20(25)21(26)15-17/h2-9,14-15,22H,10-13,16H2,1H3,(H,27,30). The third-order valence-corrected chi connectivity index (χ3v) is 5.70. The Kier molecular flexibility index (Phi) is 6.70. The molecule has 8 heteroatoms. The van der Waals surface area contributed by atoms with Gasteiger partial charge in [-0.1, -0.05) is 0 Å². The lowest BCUT2D eigenvalue weighted by atomic mass is 10.1. The molecule has 4 rings (SSSR count). The summed E-state index contributed by atoms with van der Waals surface area (Å²) in [6.07, 6.45) is 1.60. The first-order valence-electron chi connectivity index (χ1n) is 10.4. The summed E-state index contributed by atoms with van der Waals surface area (Å²) in [5.74, 6) is -0.924. The molecule has 1 atom stereocenters. The predicted molar refractivity (Wildman–Crippen MR) is 117 cm³/mol. The largest absolute Gasteiger partial charge is 0.497 e. The molecule has 32 heavy (non-hydrogen) atoms. The Morgan fingerprint density at radius 1 is 1.06 bits per heavy atom. The van der Waals surface area contributed by atoms with Gasteiger partial charge < -0.3 is 19.4 Å². The Morgan fingerprint density at radius 3 is 2.44 bits per heavy atom. The average Bonchev–Trinajstić information content (AvgIpc) is 3.36. The number of benzene rings is 2. The number of nitrogens with zero attached hydrogens (tertiary/aromatic N) is 2. The Hall–Kier alpha value is -3.39. The Labute approximate surface area is 185 Å². The second-order valence-corrected chi connectivity index (χ2v) is 7.59. The van der Waals surface area contributed by atoms with Crippen molar-refractivity contribution in [3.63, 3.8) is 0 Å². The molecule has 0 saturated carbocycles. The van der Waals surface area contributed by atoms with Gasteiger partial charge in [0.1, 0.15) is 11.5 Å². The molecule has 1 aliphatic rings. The lowest BCUT2D eigenvalue weighted by molar-refractivity contribution is 0.0922. The fourth-order valence-corrected chi connectivity index (χ4v) is 3.90. The second-order valence-electron chi connectivity index (χ2n) is 7.59. The molecule has 1 fully saturated rings. The van der Waals surface area contributed by atoms with Gasteiger partial charge in [-0.2, -0.15) is 0 Å². The Morgan fingerprint density at radius 2 is 1.81 bits per heavy atom. The first kappa shape index (κ1) is 21.8. The van der Waals surface area contributed by atoms with E-state index in [9.17, 15) is 13.6 Å². The molecule has 2 aromatic carbocycles. The smallest absolute Gasteiger partial charge is 0.251 e. The number of nitrogens with one attached hydrogen (secondary N) is 1. The van der Waals surface area contributed by atoms with Gasteiger partial charge in [-0.15, -0.1) is 0 Å². The van der Waals surface area contributed by atoms with Crippen molar-refractivity contribution in [3.8, 4) is 5.75 Å². The molecular weight excluding hydrogens is 416 g/mol. The number of piperazine rings is 1. The molecular formula is C24H25F2N3O3. The maximum atomic E-state index is 13.5. The van der Waals surface area contributed by atoms with E-state index >= 15 is 0 Å². The number of ether oxygens (including phenoxy) is 1. The van der Waals surface area contributed by atoms with Gasteiger partial charge in [0.25, 0.3) is 5.91 Å². The quantitative estimate of drug-likeness (QED) is 0.604. The maximum absolute atomic E-state index is 13.5. The van der Waals surface area contributed by atoms with Crippen LogP contribution >= 0.6 is 0 Å². The molecule has 1 N–H and O–H groups in total. The van der Waals surface area contributed by atoms with E-state index in [1.807, 2.05) is 36.4 Å². The third kappa shape index (κ3) is 4.91. The van der Waals surface area contributed by atoms with E-state index in [1.54, 1.807) is 13.4 Å². The fourth-order valence-electron chi connectivity index (χ4n) is 3.90. The van der Waals surface area contributed by atoms with Crippen LogP contribution in [0.25, 0.3) is 0 Å². The highest BCUT2D eigenvalue weighted by Gasteiger charge is 2.27. The number of hydrogen-bond acceptors (Lipinski definition) is 5.